The fourth-order valence-electron chi connectivity index (χ4n) is 1.57. The van der Waals surface area contributed by atoms with Crippen molar-refractivity contribution in [3.8, 4) is 0 Å². The lowest BCUT2D eigenvalue weighted by Gasteiger charge is -2.13. The minimum absolute atomic E-state index is 0.711. The van der Waals surface area contributed by atoms with Crippen molar-refractivity contribution in [2.45, 2.75) is 83.1 Å². The van der Waals surface area contributed by atoms with E-state index in [1.165, 1.54) is 11.1 Å². The minimum Gasteiger partial charge on any atom is -0.0716 e. The first kappa shape index (κ1) is 25.9. The molecule has 0 atom stereocenters. The van der Waals surface area contributed by atoms with Crippen molar-refractivity contribution < 1.29 is 0 Å². The molecule has 130 valence electrons. The summed E-state index contributed by atoms with van der Waals surface area (Å²) in [6.45, 7) is 25.7. The first-order valence-electron chi connectivity index (χ1n) is 8.96. The monoisotopic (exact) mass is 306 g/mol. The zero-order chi connectivity index (χ0) is 18.3. The number of benzene rings is 1. The molecule has 0 amide bonds. The molecule has 0 spiro atoms. The smallest absolute Gasteiger partial charge is 0.0260 e. The van der Waals surface area contributed by atoms with E-state index in [2.05, 4.69) is 79.7 Å². The second-order valence-corrected chi connectivity index (χ2v) is 5.76. The highest BCUT2D eigenvalue weighted by atomic mass is 14.1. The molecule has 0 nitrogen and oxygen atoms in total. The van der Waals surface area contributed by atoms with Crippen LogP contribution in [0.5, 0.6) is 0 Å². The number of allylic oxidation sites excluding steroid dienone is 2. The van der Waals surface area contributed by atoms with Gasteiger partial charge in [-0.1, -0.05) is 90.8 Å². The van der Waals surface area contributed by atoms with Crippen LogP contribution in [0.3, 0.4) is 0 Å². The largest absolute Gasteiger partial charge is 0.0716 e. The van der Waals surface area contributed by atoms with Crippen LogP contribution in [0.2, 0.25) is 0 Å². The molecular formula is C22H42. The third-order valence-electron chi connectivity index (χ3n) is 3.78. The Morgan fingerprint density at radius 1 is 0.636 bits per heavy atom. The van der Waals surface area contributed by atoms with Gasteiger partial charge in [0.1, 0.15) is 0 Å². The summed E-state index contributed by atoms with van der Waals surface area (Å²) < 4.78 is 0. The van der Waals surface area contributed by atoms with Crippen molar-refractivity contribution in [1.29, 1.82) is 0 Å². The molecule has 0 fully saturated rings. The Morgan fingerprint density at radius 2 is 0.864 bits per heavy atom. The molecule has 0 bridgehead atoms. The second-order valence-electron chi connectivity index (χ2n) is 5.76. The van der Waals surface area contributed by atoms with Gasteiger partial charge >= 0.3 is 0 Å². The first-order valence-corrected chi connectivity index (χ1v) is 8.96. The van der Waals surface area contributed by atoms with Gasteiger partial charge in [0.05, 0.1) is 0 Å². The Kier molecular flexibility index (Phi) is 19.2. The lowest BCUT2D eigenvalue weighted by Crippen LogP contribution is -1.98. The third kappa shape index (κ3) is 12.7. The molecule has 0 saturated carbocycles. The summed E-state index contributed by atoms with van der Waals surface area (Å²) in [5, 5.41) is 0. The van der Waals surface area contributed by atoms with Crippen molar-refractivity contribution in [2.24, 2.45) is 11.8 Å². The van der Waals surface area contributed by atoms with Gasteiger partial charge in [-0.2, -0.15) is 0 Å². The van der Waals surface area contributed by atoms with Crippen LogP contribution in [0.25, 0.3) is 0 Å². The van der Waals surface area contributed by atoms with Gasteiger partial charge in [0.25, 0.3) is 0 Å². The Morgan fingerprint density at radius 3 is 1.00 bits per heavy atom. The predicted molar refractivity (Wildman–Crippen MR) is 107 cm³/mol. The quantitative estimate of drug-likeness (QED) is 0.486. The molecule has 0 heteroatoms. The minimum atomic E-state index is 0.711. The van der Waals surface area contributed by atoms with Crippen molar-refractivity contribution in [3.05, 3.63) is 46.5 Å². The van der Waals surface area contributed by atoms with Crippen molar-refractivity contribution in [2.75, 3.05) is 0 Å². The molecule has 0 unspecified atom stereocenters. The Hall–Kier alpha value is -1.04. The molecule has 0 aliphatic heterocycles. The number of hydrogen-bond acceptors (Lipinski definition) is 0. The zero-order valence-electron chi connectivity index (χ0n) is 17.5. The normalized spacial score (nSPS) is 10.5. The molecule has 0 heterocycles. The predicted octanol–water partition coefficient (Wildman–Crippen LogP) is 7.99. The van der Waals surface area contributed by atoms with E-state index in [0.29, 0.717) is 11.8 Å². The van der Waals surface area contributed by atoms with Gasteiger partial charge in [0, 0.05) is 0 Å². The topological polar surface area (TPSA) is 0 Å². The Labute approximate surface area is 142 Å². The van der Waals surface area contributed by atoms with E-state index in [-0.39, 0.29) is 0 Å². The van der Waals surface area contributed by atoms with E-state index in [4.69, 9.17) is 0 Å². The summed E-state index contributed by atoms with van der Waals surface area (Å²) in [4.78, 5) is 0. The molecule has 1 aromatic carbocycles. The van der Waals surface area contributed by atoms with Crippen molar-refractivity contribution in [1.82, 2.24) is 0 Å². The van der Waals surface area contributed by atoms with E-state index >= 15 is 0 Å². The van der Waals surface area contributed by atoms with Crippen LogP contribution in [0.4, 0.5) is 0 Å². The maximum atomic E-state index is 2.25. The number of hydrogen-bond donors (Lipinski definition) is 0. The summed E-state index contributed by atoms with van der Waals surface area (Å²) in [5.41, 5.74) is 5.84. The Balaban J connectivity index is -0.000000270. The molecular weight excluding hydrogens is 264 g/mol. The van der Waals surface area contributed by atoms with Crippen molar-refractivity contribution >= 4 is 0 Å². The van der Waals surface area contributed by atoms with E-state index in [1.807, 2.05) is 27.7 Å². The standard InChI is InChI=1S/C10H20.C8H10.2C2H6/c1-7(2)9(5)10(6)8(3)4;1-7-5-3-4-6-8(7)2;2*1-2/h7-8H,1-6H3;3-6H,1-2H3;2*1-2H3/b10-9-;;;. The van der Waals surface area contributed by atoms with Crippen LogP contribution >= 0.6 is 0 Å². The Bertz CT molecular complexity index is 344. The van der Waals surface area contributed by atoms with E-state index < -0.39 is 0 Å². The highest BCUT2D eigenvalue weighted by Crippen LogP contribution is 2.19. The molecule has 0 aliphatic carbocycles. The molecule has 0 aromatic heterocycles. The summed E-state index contributed by atoms with van der Waals surface area (Å²) >= 11 is 0. The van der Waals surface area contributed by atoms with Crippen LogP contribution < -0.4 is 0 Å². The lowest BCUT2D eigenvalue weighted by atomic mass is 9.93. The van der Waals surface area contributed by atoms with Crippen LogP contribution in [0.15, 0.2) is 35.4 Å². The summed E-state index contributed by atoms with van der Waals surface area (Å²) in [6.07, 6.45) is 0. The maximum Gasteiger partial charge on any atom is -0.0260 e. The molecule has 1 rings (SSSR count). The molecule has 0 N–H and O–H groups in total. The van der Waals surface area contributed by atoms with Crippen LogP contribution in [-0.4, -0.2) is 0 Å². The average Bonchev–Trinajstić information content (AvgIpc) is 2.53. The summed E-state index contributed by atoms with van der Waals surface area (Å²) in [7, 11) is 0. The van der Waals surface area contributed by atoms with Gasteiger partial charge in [-0.3, -0.25) is 0 Å². The average molecular weight is 307 g/mol. The zero-order valence-corrected chi connectivity index (χ0v) is 17.5. The van der Waals surface area contributed by atoms with Crippen LogP contribution in [-0.2, 0) is 0 Å². The van der Waals surface area contributed by atoms with Crippen LogP contribution in [0.1, 0.15) is 80.4 Å². The molecule has 0 aliphatic rings. The van der Waals surface area contributed by atoms with E-state index in [1.54, 1.807) is 11.1 Å². The number of rotatable bonds is 2. The molecule has 0 saturated heterocycles. The van der Waals surface area contributed by atoms with Crippen LogP contribution in [0, 0.1) is 25.7 Å². The highest BCUT2D eigenvalue weighted by molar-refractivity contribution is 5.23. The number of aryl methyl sites for hydroxylation is 2. The molecule has 1 aromatic rings. The summed E-state index contributed by atoms with van der Waals surface area (Å²) in [5.74, 6) is 1.42. The first-order chi connectivity index (χ1) is 10.3. The summed E-state index contributed by atoms with van der Waals surface area (Å²) in [6, 6.07) is 8.36. The maximum absolute atomic E-state index is 2.25. The van der Waals surface area contributed by atoms with E-state index in [0.717, 1.165) is 0 Å². The fraction of sp³-hybridized carbons (Fsp3) is 0.636. The van der Waals surface area contributed by atoms with Gasteiger partial charge in [0.2, 0.25) is 0 Å². The SMILES string of the molecule is C/C(=C(\C)C(C)C)C(C)C.CC.CC.Cc1ccccc1C. The van der Waals surface area contributed by atoms with Gasteiger partial charge in [-0.15, -0.1) is 0 Å². The van der Waals surface area contributed by atoms with E-state index in [9.17, 15) is 0 Å². The third-order valence-corrected chi connectivity index (χ3v) is 3.78. The molecule has 0 radical (unpaired) electrons. The fourth-order valence-corrected chi connectivity index (χ4v) is 1.57. The lowest BCUT2D eigenvalue weighted by molar-refractivity contribution is 0.691. The van der Waals surface area contributed by atoms with Gasteiger partial charge in [0.15, 0.2) is 0 Å². The van der Waals surface area contributed by atoms with Gasteiger partial charge < -0.3 is 0 Å². The molecule has 22 heavy (non-hydrogen) atoms. The van der Waals surface area contributed by atoms with Gasteiger partial charge in [-0.25, -0.2) is 0 Å². The van der Waals surface area contributed by atoms with Gasteiger partial charge in [-0.05, 0) is 50.7 Å². The second kappa shape index (κ2) is 16.3. The van der Waals surface area contributed by atoms with Crippen molar-refractivity contribution in [3.63, 3.8) is 0 Å². The highest BCUT2D eigenvalue weighted by Gasteiger charge is 2.04.